The first-order valence-electron chi connectivity index (χ1n) is 10.2. The highest BCUT2D eigenvalue weighted by atomic mass is 28.4. The van der Waals surface area contributed by atoms with E-state index in [-0.39, 0.29) is 17.5 Å². The fourth-order valence-electron chi connectivity index (χ4n) is 4.69. The molecule has 0 radical (unpaired) electrons. The Morgan fingerprint density at radius 1 is 1.07 bits per heavy atom. The van der Waals surface area contributed by atoms with Crippen LogP contribution in [0.3, 0.4) is 0 Å². The van der Waals surface area contributed by atoms with Crippen LogP contribution in [-0.4, -0.2) is 37.1 Å². The van der Waals surface area contributed by atoms with Gasteiger partial charge in [-0.15, -0.1) is 0 Å². The van der Waals surface area contributed by atoms with Gasteiger partial charge in [0.1, 0.15) is 0 Å². The number of nitrogens with zero attached hydrogens (tertiary/aromatic N) is 1. The van der Waals surface area contributed by atoms with E-state index in [9.17, 15) is 18.0 Å². The highest BCUT2D eigenvalue weighted by Crippen LogP contribution is 2.42. The lowest BCUT2D eigenvalue weighted by Crippen LogP contribution is -2.56. The van der Waals surface area contributed by atoms with Gasteiger partial charge in [0.05, 0.1) is 17.7 Å². The zero-order valence-electron chi connectivity index (χ0n) is 17.7. The third-order valence-electron chi connectivity index (χ3n) is 5.38. The molecule has 0 unspecified atom stereocenters. The first kappa shape index (κ1) is 22.3. The van der Waals surface area contributed by atoms with Gasteiger partial charge in [-0.2, -0.15) is 0 Å². The highest BCUT2D eigenvalue weighted by Gasteiger charge is 2.46. The van der Waals surface area contributed by atoms with Crippen LogP contribution in [0.2, 0.25) is 13.1 Å². The van der Waals surface area contributed by atoms with Crippen molar-refractivity contribution in [3.05, 3.63) is 35.1 Å². The molecule has 0 N–H and O–H groups in total. The number of fused-ring (bicyclic) bond motifs is 1. The van der Waals surface area contributed by atoms with Crippen LogP contribution in [0.25, 0.3) is 0 Å². The van der Waals surface area contributed by atoms with Crippen LogP contribution in [0.15, 0.2) is 12.1 Å². The van der Waals surface area contributed by atoms with Crippen LogP contribution in [0.1, 0.15) is 64.5 Å². The van der Waals surface area contributed by atoms with E-state index in [1.165, 1.54) is 0 Å². The van der Waals surface area contributed by atoms with Crippen molar-refractivity contribution in [3.8, 4) is 0 Å². The van der Waals surface area contributed by atoms with Gasteiger partial charge in [-0.1, -0.05) is 0 Å². The zero-order chi connectivity index (χ0) is 21.6. The van der Waals surface area contributed by atoms with Gasteiger partial charge in [0.15, 0.2) is 17.5 Å². The number of carbonyl (C=O) groups excluding carboxylic acids is 1. The maximum atomic E-state index is 14.0. The molecule has 0 aliphatic carbocycles. The van der Waals surface area contributed by atoms with Gasteiger partial charge < -0.3 is 13.8 Å². The Balaban J connectivity index is 1.99. The SMILES string of the molecule is CC(C)(C)O[Si](C)(C)O[C@H]1CC[C@H]2CCCC(=O)N2[C@@H]1c1cc(F)c(F)c(F)c1. The average Bonchev–Trinajstić information content (AvgIpc) is 2.57. The molecule has 3 atom stereocenters. The first-order chi connectivity index (χ1) is 13.4. The summed E-state index contributed by atoms with van der Waals surface area (Å²) in [5.74, 6) is -4.07. The summed E-state index contributed by atoms with van der Waals surface area (Å²) in [7, 11) is -2.62. The third-order valence-corrected chi connectivity index (χ3v) is 7.35. The topological polar surface area (TPSA) is 38.8 Å². The summed E-state index contributed by atoms with van der Waals surface area (Å²) in [6.07, 6.45) is 2.98. The minimum absolute atomic E-state index is 0.00517. The van der Waals surface area contributed by atoms with Crippen molar-refractivity contribution < 1.29 is 26.8 Å². The molecule has 2 aliphatic heterocycles. The van der Waals surface area contributed by atoms with Crippen LogP contribution < -0.4 is 0 Å². The van der Waals surface area contributed by atoms with Gasteiger partial charge in [-0.05, 0) is 77.2 Å². The molecule has 162 valence electrons. The van der Waals surface area contributed by atoms with Crippen molar-refractivity contribution in [3.63, 3.8) is 0 Å². The lowest BCUT2D eigenvalue weighted by Gasteiger charge is -2.50. The van der Waals surface area contributed by atoms with E-state index >= 15 is 0 Å². The van der Waals surface area contributed by atoms with Crippen LogP contribution in [0.5, 0.6) is 0 Å². The van der Waals surface area contributed by atoms with Crippen molar-refractivity contribution in [1.29, 1.82) is 0 Å². The van der Waals surface area contributed by atoms with Gasteiger partial charge in [-0.25, -0.2) is 13.2 Å². The molecule has 8 heteroatoms. The van der Waals surface area contributed by atoms with Crippen LogP contribution in [0, 0.1) is 17.5 Å². The largest absolute Gasteiger partial charge is 0.390 e. The van der Waals surface area contributed by atoms with Crippen molar-refractivity contribution in [2.24, 2.45) is 0 Å². The Bertz CT molecular complexity index is 758. The number of amides is 1. The van der Waals surface area contributed by atoms with E-state index in [0.29, 0.717) is 12.8 Å². The number of hydrogen-bond donors (Lipinski definition) is 0. The molecule has 1 aromatic rings. The smallest absolute Gasteiger partial charge is 0.332 e. The number of halogens is 3. The average molecular weight is 430 g/mol. The summed E-state index contributed by atoms with van der Waals surface area (Å²) in [5.41, 5.74) is -0.177. The summed E-state index contributed by atoms with van der Waals surface area (Å²) in [4.78, 5) is 14.5. The Labute approximate surface area is 171 Å². The number of piperidine rings is 2. The second-order valence-corrected chi connectivity index (χ2v) is 12.7. The number of carbonyl (C=O) groups is 1. The third kappa shape index (κ3) is 5.03. The van der Waals surface area contributed by atoms with Crippen molar-refractivity contribution in [2.75, 3.05) is 0 Å². The molecule has 0 saturated carbocycles. The number of hydrogen-bond acceptors (Lipinski definition) is 3. The molecular weight excluding hydrogens is 399 g/mol. The molecule has 1 aromatic carbocycles. The second-order valence-electron chi connectivity index (χ2n) is 9.44. The van der Waals surface area contributed by atoms with Gasteiger partial charge in [-0.3, -0.25) is 4.79 Å². The van der Waals surface area contributed by atoms with E-state index in [4.69, 9.17) is 8.85 Å². The highest BCUT2D eigenvalue weighted by molar-refractivity contribution is 6.64. The quantitative estimate of drug-likeness (QED) is 0.486. The predicted molar refractivity (Wildman–Crippen MR) is 106 cm³/mol. The maximum absolute atomic E-state index is 14.0. The van der Waals surface area contributed by atoms with Crippen molar-refractivity contribution in [2.45, 2.75) is 89.8 Å². The van der Waals surface area contributed by atoms with E-state index in [1.807, 2.05) is 33.9 Å². The molecular formula is C21H30F3NO3Si. The summed E-state index contributed by atoms with van der Waals surface area (Å²) >= 11 is 0. The van der Waals surface area contributed by atoms with Crippen LogP contribution in [0.4, 0.5) is 13.2 Å². The second kappa shape index (κ2) is 8.04. The van der Waals surface area contributed by atoms with Gasteiger partial charge in [0.25, 0.3) is 0 Å². The summed E-state index contributed by atoms with van der Waals surface area (Å²) in [6, 6.07) is 1.32. The minimum Gasteiger partial charge on any atom is -0.390 e. The normalized spacial score (nSPS) is 25.9. The molecule has 3 rings (SSSR count). The molecule has 29 heavy (non-hydrogen) atoms. The van der Waals surface area contributed by atoms with E-state index < -0.39 is 43.8 Å². The Kier molecular flexibility index (Phi) is 6.18. The predicted octanol–water partition coefficient (Wildman–Crippen LogP) is 5.22. The molecule has 0 aromatic heterocycles. The van der Waals surface area contributed by atoms with E-state index in [0.717, 1.165) is 31.4 Å². The van der Waals surface area contributed by atoms with Crippen molar-refractivity contribution in [1.82, 2.24) is 4.90 Å². The Morgan fingerprint density at radius 2 is 1.69 bits per heavy atom. The number of rotatable bonds is 4. The molecule has 2 fully saturated rings. The van der Waals surface area contributed by atoms with Gasteiger partial charge in [0.2, 0.25) is 5.91 Å². The summed E-state index contributed by atoms with van der Waals surface area (Å²) in [6.45, 7) is 9.67. The minimum atomic E-state index is -2.62. The van der Waals surface area contributed by atoms with Crippen molar-refractivity contribution >= 4 is 14.5 Å². The monoisotopic (exact) mass is 429 g/mol. The molecule has 0 spiro atoms. The lowest BCUT2D eigenvalue weighted by molar-refractivity contribution is -0.148. The molecule has 2 heterocycles. The van der Waals surface area contributed by atoms with Crippen LogP contribution in [-0.2, 0) is 13.6 Å². The van der Waals surface area contributed by atoms with Crippen LogP contribution >= 0.6 is 0 Å². The zero-order valence-corrected chi connectivity index (χ0v) is 18.7. The lowest BCUT2D eigenvalue weighted by atomic mass is 9.84. The maximum Gasteiger partial charge on any atom is 0.332 e. The Hall–Kier alpha value is -1.38. The Morgan fingerprint density at radius 3 is 2.28 bits per heavy atom. The molecule has 1 amide bonds. The van der Waals surface area contributed by atoms with Gasteiger partial charge in [0, 0.05) is 12.5 Å². The molecule has 2 aliphatic rings. The fraction of sp³-hybridized carbons (Fsp3) is 0.667. The molecule has 2 saturated heterocycles. The fourth-order valence-corrected chi connectivity index (χ4v) is 7.19. The molecule has 0 bridgehead atoms. The first-order valence-corrected chi connectivity index (χ1v) is 13.0. The molecule has 4 nitrogen and oxygen atoms in total. The summed E-state index contributed by atoms with van der Waals surface area (Å²) in [5, 5.41) is 0. The van der Waals surface area contributed by atoms with E-state index in [1.54, 1.807) is 4.90 Å². The van der Waals surface area contributed by atoms with E-state index in [2.05, 4.69) is 0 Å². The number of benzene rings is 1. The standard InChI is InChI=1S/C21H30F3NO3Si/c1-21(2,3)28-29(4,5)27-17-10-9-14-7-6-8-18(26)25(14)20(17)13-11-15(22)19(24)16(23)12-13/h11-12,14,17,20H,6-10H2,1-5H3/t14-,17+,20-/m1/s1. The van der Waals surface area contributed by atoms with Gasteiger partial charge >= 0.3 is 8.56 Å². The summed E-state index contributed by atoms with van der Waals surface area (Å²) < 4.78 is 54.2.